The second kappa shape index (κ2) is 7.52. The Bertz CT molecular complexity index is 834. The summed E-state index contributed by atoms with van der Waals surface area (Å²) < 4.78 is 0. The molecule has 1 heterocycles. The summed E-state index contributed by atoms with van der Waals surface area (Å²) in [4.78, 5) is 16.4. The summed E-state index contributed by atoms with van der Waals surface area (Å²) in [6.07, 6.45) is 4.02. The third-order valence-electron chi connectivity index (χ3n) is 4.97. The van der Waals surface area contributed by atoms with Gasteiger partial charge in [0.15, 0.2) is 0 Å². The fourth-order valence-electron chi connectivity index (χ4n) is 2.98. The van der Waals surface area contributed by atoms with Gasteiger partial charge in [-0.3, -0.25) is 4.79 Å². The number of aryl methyl sites for hydroxylation is 2. The largest absolute Gasteiger partial charge is 0.369 e. The molecule has 2 N–H and O–H groups in total. The van der Waals surface area contributed by atoms with Crippen molar-refractivity contribution in [3.63, 3.8) is 0 Å². The lowest BCUT2D eigenvalue weighted by molar-refractivity contribution is -0.127. The number of nitriles is 1. The number of carbonyl (C=O) groups excluding carboxylic acids is 1. The minimum absolute atomic E-state index is 0.179. The van der Waals surface area contributed by atoms with Crippen LogP contribution in [0, 0.1) is 31.1 Å². The van der Waals surface area contributed by atoms with Crippen molar-refractivity contribution in [3.8, 4) is 6.07 Å². The number of benzene rings is 1. The van der Waals surface area contributed by atoms with E-state index in [4.69, 9.17) is 0 Å². The van der Waals surface area contributed by atoms with E-state index in [1.807, 2.05) is 6.07 Å². The summed E-state index contributed by atoms with van der Waals surface area (Å²) in [6.45, 7) is 5.44. The molecule has 1 fully saturated rings. The minimum atomic E-state index is 0.179. The fourth-order valence-corrected chi connectivity index (χ4v) is 2.98. The lowest BCUT2D eigenvalue weighted by Crippen LogP contribution is -2.35. The Morgan fingerprint density at radius 2 is 2.00 bits per heavy atom. The maximum absolute atomic E-state index is 11.8. The number of carbonyl (C=O) groups is 1. The Hall–Kier alpha value is -2.61. The summed E-state index contributed by atoms with van der Waals surface area (Å²) in [5.41, 5.74) is 3.83. The third kappa shape index (κ3) is 3.90. The highest BCUT2D eigenvalue weighted by molar-refractivity contribution is 5.84. The number of rotatable bonds is 6. The van der Waals surface area contributed by atoms with E-state index < -0.39 is 0 Å². The molecule has 130 valence electrons. The van der Waals surface area contributed by atoms with Crippen molar-refractivity contribution in [3.05, 3.63) is 34.9 Å². The summed E-state index contributed by atoms with van der Waals surface area (Å²) in [6, 6.07) is 8.22. The molecule has 2 aromatic rings. The molecule has 1 saturated carbocycles. The molecule has 0 bridgehead atoms. The summed E-state index contributed by atoms with van der Waals surface area (Å²) in [5, 5.41) is 16.6. The number of nitrogens with one attached hydrogen (secondary N) is 2. The molecule has 5 nitrogen and oxygen atoms in total. The predicted octanol–water partition coefficient (Wildman–Crippen LogP) is 3.44. The normalized spacial score (nSPS) is 14.0. The maximum Gasteiger partial charge on any atom is 0.223 e. The van der Waals surface area contributed by atoms with E-state index in [1.54, 1.807) is 0 Å². The van der Waals surface area contributed by atoms with Crippen LogP contribution in [0.25, 0.3) is 10.9 Å². The SMILES string of the molecule is Cc1cc2cc(C#N)c(NCCCNC(=O)C3CCC3)nc2cc1C. The van der Waals surface area contributed by atoms with E-state index >= 15 is 0 Å². The Labute approximate surface area is 148 Å². The zero-order valence-electron chi connectivity index (χ0n) is 14.9. The number of fused-ring (bicyclic) bond motifs is 1. The van der Waals surface area contributed by atoms with Gasteiger partial charge >= 0.3 is 0 Å². The molecule has 0 spiro atoms. The zero-order chi connectivity index (χ0) is 17.8. The molecule has 0 radical (unpaired) electrons. The molecule has 1 aliphatic carbocycles. The molecule has 0 aliphatic heterocycles. The van der Waals surface area contributed by atoms with Gasteiger partial charge in [0.1, 0.15) is 11.9 Å². The first-order chi connectivity index (χ1) is 12.1. The number of pyridine rings is 1. The Morgan fingerprint density at radius 3 is 2.68 bits per heavy atom. The average Bonchev–Trinajstić information content (AvgIpc) is 2.53. The molecule has 1 aromatic carbocycles. The number of aromatic nitrogens is 1. The van der Waals surface area contributed by atoms with Gasteiger partial charge in [0, 0.05) is 24.4 Å². The van der Waals surface area contributed by atoms with Gasteiger partial charge in [-0.1, -0.05) is 6.42 Å². The van der Waals surface area contributed by atoms with Crippen molar-refractivity contribution in [1.82, 2.24) is 10.3 Å². The first-order valence-corrected chi connectivity index (χ1v) is 8.92. The Kier molecular flexibility index (Phi) is 5.18. The molecule has 25 heavy (non-hydrogen) atoms. The number of hydrogen-bond donors (Lipinski definition) is 2. The highest BCUT2D eigenvalue weighted by Gasteiger charge is 2.24. The van der Waals surface area contributed by atoms with E-state index in [1.165, 1.54) is 17.5 Å². The maximum atomic E-state index is 11.8. The monoisotopic (exact) mass is 336 g/mol. The van der Waals surface area contributed by atoms with Gasteiger partial charge < -0.3 is 10.6 Å². The molecular formula is C20H24N4O. The van der Waals surface area contributed by atoms with E-state index in [9.17, 15) is 10.1 Å². The quantitative estimate of drug-likeness (QED) is 0.792. The third-order valence-corrected chi connectivity index (χ3v) is 4.97. The number of anilines is 1. The fraction of sp³-hybridized carbons (Fsp3) is 0.450. The molecule has 3 rings (SSSR count). The van der Waals surface area contributed by atoms with Crippen molar-refractivity contribution < 1.29 is 4.79 Å². The molecule has 0 saturated heterocycles. The standard InChI is InChI=1S/C20H24N4O/c1-13-9-16-11-17(12-21)19(24-18(16)10-14(13)2)22-7-4-8-23-20(25)15-5-3-6-15/h9-11,15H,3-8H2,1-2H3,(H,22,24)(H,23,25). The topological polar surface area (TPSA) is 77.8 Å². The van der Waals surface area contributed by atoms with E-state index in [0.717, 1.165) is 30.2 Å². The summed E-state index contributed by atoms with van der Waals surface area (Å²) in [7, 11) is 0. The highest BCUT2D eigenvalue weighted by Crippen LogP contribution is 2.26. The van der Waals surface area contributed by atoms with E-state index in [-0.39, 0.29) is 11.8 Å². The first kappa shape index (κ1) is 17.2. The average molecular weight is 336 g/mol. The van der Waals surface area contributed by atoms with Gasteiger partial charge in [0.2, 0.25) is 5.91 Å². The summed E-state index contributed by atoms with van der Waals surface area (Å²) in [5.74, 6) is 1.02. The van der Waals surface area contributed by atoms with Crippen LogP contribution in [0.1, 0.15) is 42.4 Å². The van der Waals surface area contributed by atoms with Crippen LogP contribution in [0.5, 0.6) is 0 Å². The van der Waals surface area contributed by atoms with Crippen LogP contribution in [0.15, 0.2) is 18.2 Å². The van der Waals surface area contributed by atoms with Crippen molar-refractivity contribution in [2.24, 2.45) is 5.92 Å². The van der Waals surface area contributed by atoms with Gasteiger partial charge in [-0.05, 0) is 62.4 Å². The smallest absolute Gasteiger partial charge is 0.223 e. The lowest BCUT2D eigenvalue weighted by atomic mass is 9.85. The van der Waals surface area contributed by atoms with Gasteiger partial charge in [-0.15, -0.1) is 0 Å². The molecule has 0 unspecified atom stereocenters. The number of hydrogen-bond acceptors (Lipinski definition) is 4. The lowest BCUT2D eigenvalue weighted by Gasteiger charge is -2.24. The van der Waals surface area contributed by atoms with Crippen molar-refractivity contribution in [2.75, 3.05) is 18.4 Å². The van der Waals surface area contributed by atoms with Crippen LogP contribution in [0.2, 0.25) is 0 Å². The molecular weight excluding hydrogens is 312 g/mol. The second-order valence-corrected chi connectivity index (χ2v) is 6.82. The molecule has 1 amide bonds. The van der Waals surface area contributed by atoms with E-state index in [2.05, 4.69) is 47.7 Å². The van der Waals surface area contributed by atoms with Gasteiger partial charge in [0.05, 0.1) is 11.1 Å². The zero-order valence-corrected chi connectivity index (χ0v) is 14.9. The number of amides is 1. The molecule has 5 heteroatoms. The second-order valence-electron chi connectivity index (χ2n) is 6.82. The van der Waals surface area contributed by atoms with Crippen LogP contribution >= 0.6 is 0 Å². The van der Waals surface area contributed by atoms with Crippen molar-refractivity contribution in [1.29, 1.82) is 5.26 Å². The first-order valence-electron chi connectivity index (χ1n) is 8.92. The van der Waals surface area contributed by atoms with Crippen LogP contribution in [-0.2, 0) is 4.79 Å². The van der Waals surface area contributed by atoms with Gasteiger partial charge in [0.25, 0.3) is 0 Å². The minimum Gasteiger partial charge on any atom is -0.369 e. The molecule has 0 atom stereocenters. The van der Waals surface area contributed by atoms with Gasteiger partial charge in [-0.25, -0.2) is 4.98 Å². The van der Waals surface area contributed by atoms with Crippen LogP contribution in [0.4, 0.5) is 5.82 Å². The predicted molar refractivity (Wildman–Crippen MR) is 99.4 cm³/mol. The highest BCUT2D eigenvalue weighted by atomic mass is 16.1. The van der Waals surface area contributed by atoms with Crippen molar-refractivity contribution >= 4 is 22.6 Å². The molecule has 1 aliphatic rings. The van der Waals surface area contributed by atoms with E-state index in [0.29, 0.717) is 24.5 Å². The van der Waals surface area contributed by atoms with Gasteiger partial charge in [-0.2, -0.15) is 5.26 Å². The van der Waals surface area contributed by atoms with Crippen LogP contribution in [0.3, 0.4) is 0 Å². The Balaban J connectivity index is 1.59. The van der Waals surface area contributed by atoms with Crippen LogP contribution < -0.4 is 10.6 Å². The number of nitrogens with zero attached hydrogens (tertiary/aromatic N) is 2. The Morgan fingerprint density at radius 1 is 1.24 bits per heavy atom. The molecule has 1 aromatic heterocycles. The summed E-state index contributed by atoms with van der Waals surface area (Å²) >= 11 is 0. The van der Waals surface area contributed by atoms with Crippen molar-refractivity contribution in [2.45, 2.75) is 39.5 Å². The van der Waals surface area contributed by atoms with Crippen LogP contribution in [-0.4, -0.2) is 24.0 Å².